The fourth-order valence-corrected chi connectivity index (χ4v) is 2.71. The molecule has 23 heavy (non-hydrogen) atoms. The number of nitrogens with zero attached hydrogens (tertiary/aromatic N) is 6. The van der Waals surface area contributed by atoms with E-state index < -0.39 is 0 Å². The van der Waals surface area contributed by atoms with Crippen LogP contribution in [-0.2, 0) is 6.42 Å². The van der Waals surface area contributed by atoms with Gasteiger partial charge in [-0.15, -0.1) is 0 Å². The van der Waals surface area contributed by atoms with Crippen LogP contribution in [-0.4, -0.2) is 46.2 Å². The molecule has 1 aliphatic heterocycles. The van der Waals surface area contributed by atoms with Crippen molar-refractivity contribution in [2.24, 2.45) is 0 Å². The largest absolute Gasteiger partial charge is 0.354 e. The minimum absolute atomic E-state index is 0.124. The molecular weight excluding hydrogens is 292 g/mol. The van der Waals surface area contributed by atoms with Gasteiger partial charge < -0.3 is 9.42 Å². The summed E-state index contributed by atoms with van der Waals surface area (Å²) in [6.07, 6.45) is 2.41. The maximum Gasteiger partial charge on any atom is 0.243 e. The van der Waals surface area contributed by atoms with Crippen LogP contribution in [0.1, 0.15) is 37.2 Å². The zero-order valence-electron chi connectivity index (χ0n) is 13.4. The van der Waals surface area contributed by atoms with Crippen LogP contribution in [0, 0.1) is 11.3 Å². The van der Waals surface area contributed by atoms with Crippen molar-refractivity contribution >= 4 is 5.82 Å². The standard InChI is InChI=1S/C16H20N6O/c1-3-14-19-16(23-20-14)12(2)21-6-8-22(9-7-21)15-5-4-13(10-17)11-18-15/h4-5,11-12H,3,6-9H2,1-2H3/t12-/m1/s1. The summed E-state index contributed by atoms with van der Waals surface area (Å²) in [6, 6.07) is 5.93. The first kappa shape index (κ1) is 15.4. The van der Waals surface area contributed by atoms with Gasteiger partial charge in [0.05, 0.1) is 11.6 Å². The van der Waals surface area contributed by atoms with Crippen molar-refractivity contribution in [2.75, 3.05) is 31.1 Å². The summed E-state index contributed by atoms with van der Waals surface area (Å²) in [5.41, 5.74) is 0.587. The average Bonchev–Trinajstić information content (AvgIpc) is 3.10. The van der Waals surface area contributed by atoms with Crippen molar-refractivity contribution in [2.45, 2.75) is 26.3 Å². The molecule has 7 nitrogen and oxygen atoms in total. The van der Waals surface area contributed by atoms with Crippen LogP contribution in [0.4, 0.5) is 5.82 Å². The number of hydrogen-bond acceptors (Lipinski definition) is 7. The number of hydrogen-bond donors (Lipinski definition) is 0. The lowest BCUT2D eigenvalue weighted by atomic mass is 10.2. The van der Waals surface area contributed by atoms with Gasteiger partial charge in [0, 0.05) is 38.8 Å². The van der Waals surface area contributed by atoms with Crippen LogP contribution in [0.2, 0.25) is 0 Å². The molecule has 0 spiro atoms. The van der Waals surface area contributed by atoms with E-state index >= 15 is 0 Å². The second-order valence-electron chi connectivity index (χ2n) is 5.62. The summed E-state index contributed by atoms with van der Waals surface area (Å²) in [5, 5.41) is 12.8. The summed E-state index contributed by atoms with van der Waals surface area (Å²) in [7, 11) is 0. The normalized spacial score (nSPS) is 17.0. The Kier molecular flexibility index (Phi) is 4.53. The van der Waals surface area contributed by atoms with E-state index in [1.54, 1.807) is 6.20 Å². The molecule has 0 saturated carbocycles. The minimum Gasteiger partial charge on any atom is -0.354 e. The summed E-state index contributed by atoms with van der Waals surface area (Å²) in [5.74, 6) is 2.36. The van der Waals surface area contributed by atoms with Gasteiger partial charge in [0.15, 0.2) is 5.82 Å². The van der Waals surface area contributed by atoms with Crippen LogP contribution in [0.5, 0.6) is 0 Å². The quantitative estimate of drug-likeness (QED) is 0.851. The molecule has 3 heterocycles. The zero-order valence-corrected chi connectivity index (χ0v) is 13.4. The van der Waals surface area contributed by atoms with Crippen LogP contribution >= 0.6 is 0 Å². The molecule has 0 amide bonds. The van der Waals surface area contributed by atoms with Crippen LogP contribution in [0.3, 0.4) is 0 Å². The van der Waals surface area contributed by atoms with E-state index in [2.05, 4.69) is 37.9 Å². The van der Waals surface area contributed by atoms with Gasteiger partial charge in [-0.05, 0) is 19.1 Å². The molecular formula is C16H20N6O. The Morgan fingerprint density at radius 1 is 1.30 bits per heavy atom. The first-order valence-electron chi connectivity index (χ1n) is 7.89. The first-order chi connectivity index (χ1) is 11.2. The van der Waals surface area contributed by atoms with Gasteiger partial charge in [-0.2, -0.15) is 10.2 Å². The number of nitriles is 1. The molecule has 1 atom stereocenters. The number of anilines is 1. The molecule has 1 aliphatic rings. The SMILES string of the molecule is CCc1noc([C@@H](C)N2CCN(c3ccc(C#N)cn3)CC2)n1. The molecule has 1 saturated heterocycles. The number of aryl methyl sites for hydroxylation is 1. The Balaban J connectivity index is 1.60. The van der Waals surface area contributed by atoms with Crippen LogP contribution < -0.4 is 4.90 Å². The third-order valence-corrected chi connectivity index (χ3v) is 4.22. The average molecular weight is 312 g/mol. The van der Waals surface area contributed by atoms with Gasteiger partial charge in [0.25, 0.3) is 0 Å². The molecule has 2 aromatic heterocycles. The van der Waals surface area contributed by atoms with Crippen LogP contribution in [0.25, 0.3) is 0 Å². The molecule has 0 unspecified atom stereocenters. The third-order valence-electron chi connectivity index (χ3n) is 4.22. The van der Waals surface area contributed by atoms with E-state index in [-0.39, 0.29) is 6.04 Å². The fraction of sp³-hybridized carbons (Fsp3) is 0.500. The second-order valence-corrected chi connectivity index (χ2v) is 5.62. The lowest BCUT2D eigenvalue weighted by Crippen LogP contribution is -2.47. The summed E-state index contributed by atoms with van der Waals surface area (Å²) < 4.78 is 5.35. The highest BCUT2D eigenvalue weighted by atomic mass is 16.5. The highest BCUT2D eigenvalue weighted by Gasteiger charge is 2.26. The van der Waals surface area contributed by atoms with E-state index in [1.165, 1.54) is 0 Å². The summed E-state index contributed by atoms with van der Waals surface area (Å²) >= 11 is 0. The summed E-state index contributed by atoms with van der Waals surface area (Å²) in [6.45, 7) is 7.71. The Labute approximate surface area is 135 Å². The predicted molar refractivity (Wildman–Crippen MR) is 84.8 cm³/mol. The molecule has 0 aliphatic carbocycles. The Bertz CT molecular complexity index is 681. The van der Waals surface area contributed by atoms with Crippen molar-refractivity contribution in [3.05, 3.63) is 35.6 Å². The van der Waals surface area contributed by atoms with Gasteiger partial charge in [0.2, 0.25) is 5.89 Å². The number of piperazine rings is 1. The molecule has 0 N–H and O–H groups in total. The third kappa shape index (κ3) is 3.32. The van der Waals surface area contributed by atoms with E-state index in [0.29, 0.717) is 11.5 Å². The fourth-order valence-electron chi connectivity index (χ4n) is 2.71. The number of aromatic nitrogens is 3. The monoisotopic (exact) mass is 312 g/mol. The molecule has 7 heteroatoms. The van der Waals surface area contributed by atoms with E-state index in [4.69, 9.17) is 9.78 Å². The molecule has 2 aromatic rings. The van der Waals surface area contributed by atoms with Crippen LogP contribution in [0.15, 0.2) is 22.9 Å². The molecule has 0 bridgehead atoms. The van der Waals surface area contributed by atoms with Crippen molar-refractivity contribution in [3.63, 3.8) is 0 Å². The number of pyridine rings is 1. The zero-order chi connectivity index (χ0) is 16.2. The van der Waals surface area contributed by atoms with E-state index in [9.17, 15) is 0 Å². The minimum atomic E-state index is 0.124. The van der Waals surface area contributed by atoms with Gasteiger partial charge in [0.1, 0.15) is 11.9 Å². The smallest absolute Gasteiger partial charge is 0.243 e. The van der Waals surface area contributed by atoms with E-state index in [1.807, 2.05) is 19.1 Å². The molecule has 0 aromatic carbocycles. The van der Waals surface area contributed by atoms with Gasteiger partial charge >= 0.3 is 0 Å². The van der Waals surface area contributed by atoms with E-state index in [0.717, 1.165) is 44.2 Å². The maximum atomic E-state index is 8.83. The van der Waals surface area contributed by atoms with Crippen molar-refractivity contribution in [1.29, 1.82) is 5.26 Å². The lowest BCUT2D eigenvalue weighted by molar-refractivity contribution is 0.164. The van der Waals surface area contributed by atoms with Crippen molar-refractivity contribution < 1.29 is 4.52 Å². The topological polar surface area (TPSA) is 82.1 Å². The Morgan fingerprint density at radius 3 is 2.65 bits per heavy atom. The Morgan fingerprint density at radius 2 is 2.09 bits per heavy atom. The predicted octanol–water partition coefficient (Wildman–Crippen LogP) is 1.78. The van der Waals surface area contributed by atoms with Crippen molar-refractivity contribution in [3.8, 4) is 6.07 Å². The van der Waals surface area contributed by atoms with Gasteiger partial charge in [-0.25, -0.2) is 4.98 Å². The second kappa shape index (κ2) is 6.75. The van der Waals surface area contributed by atoms with Gasteiger partial charge in [-0.3, -0.25) is 4.90 Å². The lowest BCUT2D eigenvalue weighted by Gasteiger charge is -2.37. The first-order valence-corrected chi connectivity index (χ1v) is 7.89. The molecule has 120 valence electrons. The van der Waals surface area contributed by atoms with Gasteiger partial charge in [-0.1, -0.05) is 12.1 Å². The maximum absolute atomic E-state index is 8.83. The highest BCUT2D eigenvalue weighted by molar-refractivity contribution is 5.42. The highest BCUT2D eigenvalue weighted by Crippen LogP contribution is 2.22. The molecule has 1 fully saturated rings. The Hall–Kier alpha value is -2.46. The number of rotatable bonds is 4. The van der Waals surface area contributed by atoms with Crippen molar-refractivity contribution in [1.82, 2.24) is 20.0 Å². The molecule has 0 radical (unpaired) electrons. The summed E-state index contributed by atoms with van der Waals surface area (Å²) in [4.78, 5) is 13.4. The molecule has 3 rings (SSSR count).